The van der Waals surface area contributed by atoms with E-state index in [9.17, 15) is 8.42 Å². The van der Waals surface area contributed by atoms with Crippen molar-refractivity contribution in [3.63, 3.8) is 0 Å². The Bertz CT molecular complexity index is 1320. The fourth-order valence-corrected chi connectivity index (χ4v) is 6.69. The van der Waals surface area contributed by atoms with Crippen molar-refractivity contribution < 1.29 is 17.9 Å². The molecule has 2 aromatic carbocycles. The van der Waals surface area contributed by atoms with Crippen LogP contribution in [0.1, 0.15) is 41.9 Å². The van der Waals surface area contributed by atoms with Crippen molar-refractivity contribution in [3.05, 3.63) is 71.7 Å². The highest BCUT2D eigenvalue weighted by atomic mass is 32.2. The average Bonchev–Trinajstić information content (AvgIpc) is 3.60. The van der Waals surface area contributed by atoms with E-state index in [1.54, 1.807) is 18.7 Å². The van der Waals surface area contributed by atoms with Crippen LogP contribution in [0.25, 0.3) is 0 Å². The molecule has 3 aromatic rings. The largest absolute Gasteiger partial charge is 0.497 e. The van der Waals surface area contributed by atoms with Gasteiger partial charge in [-0.25, -0.2) is 18.1 Å². The second-order valence-corrected chi connectivity index (χ2v) is 11.7. The predicted octanol–water partition coefficient (Wildman–Crippen LogP) is 3.52. The molecule has 198 valence electrons. The summed E-state index contributed by atoms with van der Waals surface area (Å²) in [5.74, 6) is 2.02. The molecule has 0 bridgehead atoms. The van der Waals surface area contributed by atoms with E-state index in [0.717, 1.165) is 30.8 Å². The zero-order valence-electron chi connectivity index (χ0n) is 21.6. The number of hydrogen-bond acceptors (Lipinski definition) is 6. The van der Waals surface area contributed by atoms with Gasteiger partial charge < -0.3 is 14.0 Å². The van der Waals surface area contributed by atoms with Crippen molar-refractivity contribution in [1.29, 1.82) is 0 Å². The number of sulfonamides is 1. The summed E-state index contributed by atoms with van der Waals surface area (Å²) in [5.41, 5.74) is 4.00. The molecule has 1 N–H and O–H groups in total. The summed E-state index contributed by atoms with van der Waals surface area (Å²) in [6.07, 6.45) is 8.66. The average molecular weight is 525 g/mol. The predicted molar refractivity (Wildman–Crippen MR) is 143 cm³/mol. The highest BCUT2D eigenvalue weighted by molar-refractivity contribution is 7.89. The quantitative estimate of drug-likeness (QED) is 0.409. The van der Waals surface area contributed by atoms with E-state index in [0.29, 0.717) is 12.0 Å². The molecule has 2 unspecified atom stereocenters. The lowest BCUT2D eigenvalue weighted by Crippen LogP contribution is -2.41. The SMILES string of the molecule is COc1cccc(CC2c3cc(OCCNS(=O)(=O)c4cn(C)cn4)ccc3CCC2N2CCCC2)c1. The molecular weight excluding hydrogens is 488 g/mol. The van der Waals surface area contributed by atoms with Gasteiger partial charge in [-0.1, -0.05) is 18.2 Å². The first kappa shape index (κ1) is 25.8. The number of nitrogens with one attached hydrogen (secondary N) is 1. The Morgan fingerprint density at radius 3 is 2.70 bits per heavy atom. The molecule has 1 fully saturated rings. The zero-order valence-corrected chi connectivity index (χ0v) is 22.4. The van der Waals surface area contributed by atoms with Crippen LogP contribution in [0.4, 0.5) is 0 Å². The molecule has 2 aliphatic rings. The molecule has 8 nitrogen and oxygen atoms in total. The molecule has 9 heteroatoms. The molecule has 0 spiro atoms. The fourth-order valence-electron chi connectivity index (χ4n) is 5.70. The van der Waals surface area contributed by atoms with Crippen LogP contribution in [-0.2, 0) is 29.9 Å². The van der Waals surface area contributed by atoms with Crippen LogP contribution in [0.5, 0.6) is 11.5 Å². The number of rotatable bonds is 10. The Morgan fingerprint density at radius 1 is 1.11 bits per heavy atom. The minimum atomic E-state index is -3.65. The van der Waals surface area contributed by atoms with Crippen molar-refractivity contribution >= 4 is 10.0 Å². The number of ether oxygens (including phenoxy) is 2. The summed E-state index contributed by atoms with van der Waals surface area (Å²) in [6.45, 7) is 2.74. The summed E-state index contributed by atoms with van der Waals surface area (Å²) in [6, 6.07) is 15.2. The van der Waals surface area contributed by atoms with Crippen molar-refractivity contribution in [1.82, 2.24) is 19.2 Å². The van der Waals surface area contributed by atoms with E-state index in [4.69, 9.17) is 9.47 Å². The summed E-state index contributed by atoms with van der Waals surface area (Å²) in [5, 5.41) is 0.0112. The number of aryl methyl sites for hydroxylation is 2. The van der Waals surface area contributed by atoms with Gasteiger partial charge in [0.05, 0.1) is 13.4 Å². The minimum absolute atomic E-state index is 0.0112. The van der Waals surface area contributed by atoms with Crippen LogP contribution >= 0.6 is 0 Å². The molecule has 0 saturated carbocycles. The fraction of sp³-hybridized carbons (Fsp3) is 0.464. The van der Waals surface area contributed by atoms with Crippen LogP contribution in [0.15, 0.2) is 60.0 Å². The third-order valence-corrected chi connectivity index (χ3v) is 8.86. The first-order valence-electron chi connectivity index (χ1n) is 13.0. The van der Waals surface area contributed by atoms with Crippen LogP contribution in [0.2, 0.25) is 0 Å². The van der Waals surface area contributed by atoms with Gasteiger partial charge in [0.25, 0.3) is 10.0 Å². The molecule has 0 amide bonds. The van der Waals surface area contributed by atoms with Gasteiger partial charge in [-0.05, 0) is 86.1 Å². The summed E-state index contributed by atoms with van der Waals surface area (Å²) in [4.78, 5) is 6.60. The molecule has 5 rings (SSSR count). The minimum Gasteiger partial charge on any atom is -0.497 e. The number of benzene rings is 2. The Balaban J connectivity index is 1.31. The van der Waals surface area contributed by atoms with Crippen LogP contribution in [0, 0.1) is 0 Å². The number of nitrogens with zero attached hydrogens (tertiary/aromatic N) is 3. The van der Waals surface area contributed by atoms with Crippen LogP contribution < -0.4 is 14.2 Å². The lowest BCUT2D eigenvalue weighted by atomic mass is 9.75. The standard InChI is InChI=1S/C28H36N4O4S/c1-31-19-28(29-20-31)37(33,34)30-12-15-36-24-10-8-22-9-11-27(32-13-3-4-14-32)26(25(22)18-24)17-21-6-5-7-23(16-21)35-2/h5-8,10,16,18-20,26-27,30H,3-4,9,11-15,17H2,1-2H3. The number of aromatic nitrogens is 2. The van der Waals surface area contributed by atoms with Gasteiger partial charge >= 0.3 is 0 Å². The Hall–Kier alpha value is -2.88. The summed E-state index contributed by atoms with van der Waals surface area (Å²) >= 11 is 0. The number of likely N-dealkylation sites (tertiary alicyclic amines) is 1. The van der Waals surface area contributed by atoms with Gasteiger partial charge in [-0.2, -0.15) is 0 Å². The second kappa shape index (κ2) is 11.2. The first-order valence-corrected chi connectivity index (χ1v) is 14.5. The molecule has 1 saturated heterocycles. The molecular formula is C28H36N4O4S. The third kappa shape index (κ3) is 6.00. The van der Waals surface area contributed by atoms with E-state index in [2.05, 4.69) is 44.9 Å². The Kier molecular flexibility index (Phi) is 7.83. The van der Waals surface area contributed by atoms with Crippen LogP contribution in [0.3, 0.4) is 0 Å². The molecule has 1 aromatic heterocycles. The first-order chi connectivity index (χ1) is 17.9. The van der Waals surface area contributed by atoms with Gasteiger partial charge in [-0.15, -0.1) is 0 Å². The third-order valence-electron chi connectivity index (χ3n) is 7.51. The van der Waals surface area contributed by atoms with Gasteiger partial charge in [0, 0.05) is 31.7 Å². The second-order valence-electron chi connectivity index (χ2n) is 10.00. The van der Waals surface area contributed by atoms with E-state index in [1.807, 2.05) is 12.1 Å². The monoisotopic (exact) mass is 524 g/mol. The van der Waals surface area contributed by atoms with E-state index in [-0.39, 0.29) is 18.2 Å². The molecule has 1 aliphatic carbocycles. The van der Waals surface area contributed by atoms with E-state index >= 15 is 0 Å². The maximum absolute atomic E-state index is 12.4. The topological polar surface area (TPSA) is 85.7 Å². The van der Waals surface area contributed by atoms with Crippen molar-refractivity contribution in [3.8, 4) is 11.5 Å². The van der Waals surface area contributed by atoms with E-state index in [1.165, 1.54) is 55.1 Å². The highest BCUT2D eigenvalue weighted by Crippen LogP contribution is 2.40. The molecule has 0 radical (unpaired) electrons. The normalized spacial score (nSPS) is 20.1. The van der Waals surface area contributed by atoms with Gasteiger partial charge in [-0.3, -0.25) is 4.90 Å². The Labute approximate surface area is 219 Å². The number of fused-ring (bicyclic) bond motifs is 1. The lowest BCUT2D eigenvalue weighted by molar-refractivity contribution is 0.188. The van der Waals surface area contributed by atoms with Gasteiger partial charge in [0.15, 0.2) is 5.03 Å². The number of imidazole rings is 1. The molecule has 37 heavy (non-hydrogen) atoms. The van der Waals surface area contributed by atoms with Crippen LogP contribution in [-0.4, -0.2) is 62.3 Å². The van der Waals surface area contributed by atoms with Crippen molar-refractivity contribution in [2.75, 3.05) is 33.4 Å². The van der Waals surface area contributed by atoms with Gasteiger partial charge in [0.1, 0.15) is 18.1 Å². The maximum atomic E-state index is 12.4. The lowest BCUT2D eigenvalue weighted by Gasteiger charge is -2.39. The molecule has 2 atom stereocenters. The van der Waals surface area contributed by atoms with Gasteiger partial charge in [0.2, 0.25) is 0 Å². The smallest absolute Gasteiger partial charge is 0.259 e. The van der Waals surface area contributed by atoms with E-state index < -0.39 is 10.0 Å². The van der Waals surface area contributed by atoms with Crippen molar-refractivity contribution in [2.24, 2.45) is 7.05 Å². The summed E-state index contributed by atoms with van der Waals surface area (Å²) in [7, 11) is -0.204. The zero-order chi connectivity index (χ0) is 25.8. The Morgan fingerprint density at radius 2 is 1.95 bits per heavy atom. The number of methoxy groups -OCH3 is 1. The highest BCUT2D eigenvalue weighted by Gasteiger charge is 2.35. The molecule has 2 heterocycles. The summed E-state index contributed by atoms with van der Waals surface area (Å²) < 4.78 is 40.5. The maximum Gasteiger partial charge on any atom is 0.259 e. The number of hydrogen-bond donors (Lipinski definition) is 1. The van der Waals surface area contributed by atoms with Crippen molar-refractivity contribution in [2.45, 2.75) is 49.1 Å². The molecule has 1 aliphatic heterocycles.